The Morgan fingerprint density at radius 3 is 2.86 bits per heavy atom. The first-order chi connectivity index (χ1) is 13.2. The monoisotopic (exact) mass is 408 g/mol. The van der Waals surface area contributed by atoms with E-state index in [9.17, 15) is 13.2 Å². The number of amides is 1. The summed E-state index contributed by atoms with van der Waals surface area (Å²) in [7, 11) is -1.55. The van der Waals surface area contributed by atoms with Gasteiger partial charge < -0.3 is 9.42 Å². The maximum atomic E-state index is 12.9. The number of fused-ring (bicyclic) bond motifs is 1. The smallest absolute Gasteiger partial charge is 0.274 e. The Morgan fingerprint density at radius 2 is 2.25 bits per heavy atom. The van der Waals surface area contributed by atoms with Crippen molar-refractivity contribution in [1.29, 1.82) is 0 Å². The van der Waals surface area contributed by atoms with E-state index in [1.165, 1.54) is 0 Å². The van der Waals surface area contributed by atoms with E-state index in [0.29, 0.717) is 43.3 Å². The Bertz CT molecular complexity index is 999. The molecule has 3 atom stereocenters. The van der Waals surface area contributed by atoms with Crippen LogP contribution in [0.25, 0.3) is 0 Å². The fourth-order valence-corrected chi connectivity index (χ4v) is 5.33. The van der Waals surface area contributed by atoms with Crippen LogP contribution in [0.3, 0.4) is 0 Å². The molecule has 11 heteroatoms. The number of aryl methyl sites for hydroxylation is 2. The van der Waals surface area contributed by atoms with Gasteiger partial charge in [0.1, 0.15) is 5.69 Å². The Hall–Kier alpha value is -2.27. The summed E-state index contributed by atoms with van der Waals surface area (Å²) >= 11 is 0. The molecule has 1 saturated heterocycles. The van der Waals surface area contributed by atoms with E-state index in [1.54, 1.807) is 42.7 Å². The van der Waals surface area contributed by atoms with E-state index in [4.69, 9.17) is 4.52 Å². The van der Waals surface area contributed by atoms with Gasteiger partial charge in [-0.15, -0.1) is 0 Å². The van der Waals surface area contributed by atoms with E-state index in [-0.39, 0.29) is 23.6 Å². The second-order valence-electron chi connectivity index (χ2n) is 7.72. The number of sulfonamides is 1. The first-order valence-corrected chi connectivity index (χ1v) is 11.0. The number of rotatable bonds is 5. The molecule has 0 bridgehead atoms. The second-order valence-corrected chi connectivity index (χ2v) is 9.76. The molecule has 1 aliphatic heterocycles. The normalized spacial score (nSPS) is 27.3. The summed E-state index contributed by atoms with van der Waals surface area (Å²) in [6.45, 7) is 4.26. The molecular weight excluding hydrogens is 384 g/mol. The third kappa shape index (κ3) is 3.22. The first kappa shape index (κ1) is 19.1. The van der Waals surface area contributed by atoms with Gasteiger partial charge in [-0.3, -0.25) is 9.48 Å². The van der Waals surface area contributed by atoms with Crippen molar-refractivity contribution < 1.29 is 17.7 Å². The van der Waals surface area contributed by atoms with Crippen LogP contribution in [0.15, 0.2) is 16.8 Å². The van der Waals surface area contributed by atoms with Gasteiger partial charge in [-0.2, -0.15) is 10.1 Å². The lowest BCUT2D eigenvalue weighted by atomic mass is 9.80. The largest absolute Gasteiger partial charge is 0.339 e. The third-order valence-electron chi connectivity index (χ3n) is 5.77. The van der Waals surface area contributed by atoms with E-state index >= 15 is 0 Å². The van der Waals surface area contributed by atoms with Crippen molar-refractivity contribution in [3.8, 4) is 0 Å². The Morgan fingerprint density at radius 1 is 1.46 bits per heavy atom. The van der Waals surface area contributed by atoms with Crippen molar-refractivity contribution in [1.82, 2.24) is 29.5 Å². The number of carbonyl (C=O) groups is 1. The van der Waals surface area contributed by atoms with Gasteiger partial charge in [0.2, 0.25) is 15.9 Å². The first-order valence-electron chi connectivity index (χ1n) is 9.32. The van der Waals surface area contributed by atoms with Crippen molar-refractivity contribution in [3.63, 3.8) is 0 Å². The zero-order chi connectivity index (χ0) is 20.1. The van der Waals surface area contributed by atoms with E-state index in [1.807, 2.05) is 0 Å². The van der Waals surface area contributed by atoms with Crippen LogP contribution in [-0.2, 0) is 22.5 Å². The number of aromatic nitrogens is 4. The molecule has 1 N–H and O–H groups in total. The summed E-state index contributed by atoms with van der Waals surface area (Å²) in [5.74, 6) is 0.922. The molecule has 1 amide bonds. The van der Waals surface area contributed by atoms with Crippen molar-refractivity contribution in [2.45, 2.75) is 38.1 Å². The lowest BCUT2D eigenvalue weighted by Gasteiger charge is -2.25. The number of nitrogens with one attached hydrogen (secondary N) is 1. The van der Waals surface area contributed by atoms with Crippen LogP contribution in [-0.4, -0.2) is 64.0 Å². The van der Waals surface area contributed by atoms with Gasteiger partial charge in [0, 0.05) is 32.4 Å². The molecule has 2 aromatic rings. The number of carbonyl (C=O) groups excluding carboxylic acids is 1. The van der Waals surface area contributed by atoms with Crippen molar-refractivity contribution >= 4 is 15.9 Å². The van der Waals surface area contributed by atoms with Crippen LogP contribution in [0.5, 0.6) is 0 Å². The Kier molecular flexibility index (Phi) is 4.53. The van der Waals surface area contributed by atoms with Gasteiger partial charge in [-0.05, 0) is 38.7 Å². The minimum Gasteiger partial charge on any atom is -0.339 e. The molecule has 2 fully saturated rings. The summed E-state index contributed by atoms with van der Waals surface area (Å²) in [5, 5.41) is 8.13. The maximum absolute atomic E-state index is 12.9. The van der Waals surface area contributed by atoms with Crippen LogP contribution in [0, 0.1) is 12.8 Å². The molecule has 0 spiro atoms. The summed E-state index contributed by atoms with van der Waals surface area (Å²) in [6.07, 6.45) is 2.87. The molecule has 0 aromatic carbocycles. The summed E-state index contributed by atoms with van der Waals surface area (Å²) < 4.78 is 34.0. The van der Waals surface area contributed by atoms with Gasteiger partial charge in [0.15, 0.2) is 5.82 Å². The highest BCUT2D eigenvalue weighted by Gasteiger charge is 2.58. The fraction of sp³-hybridized carbons (Fsp3) is 0.647. The van der Waals surface area contributed by atoms with Crippen LogP contribution in [0.2, 0.25) is 0 Å². The average Bonchev–Trinajstić information content (AvgIpc) is 3.37. The molecule has 2 aliphatic rings. The van der Waals surface area contributed by atoms with Gasteiger partial charge in [0.05, 0.1) is 11.2 Å². The third-order valence-corrected chi connectivity index (χ3v) is 7.23. The van der Waals surface area contributed by atoms with E-state index in [0.717, 1.165) is 0 Å². The van der Waals surface area contributed by atoms with Crippen molar-refractivity contribution in [2.75, 3.05) is 18.8 Å². The Labute approximate surface area is 163 Å². The standard InChI is InChI=1S/C17H24N6O4S/c1-4-28(25,26)21-13-7-12-9-23(15(24)14-5-6-22(3)19-14)10-17(12,8-13)16-18-11(2)20-27-16/h5-6,12-13,21H,4,7-10H2,1-3H3/t12?,13-,17+/m1/s1. The fourth-order valence-electron chi connectivity index (χ4n) is 4.47. The summed E-state index contributed by atoms with van der Waals surface area (Å²) in [5.41, 5.74) is -0.158. The van der Waals surface area contributed by atoms with Gasteiger partial charge in [0.25, 0.3) is 5.91 Å². The van der Waals surface area contributed by atoms with Gasteiger partial charge in [-0.25, -0.2) is 13.1 Å². The number of hydrogen-bond donors (Lipinski definition) is 1. The highest BCUT2D eigenvalue weighted by atomic mass is 32.2. The molecule has 28 heavy (non-hydrogen) atoms. The van der Waals surface area contributed by atoms with Gasteiger partial charge in [-0.1, -0.05) is 5.16 Å². The molecule has 4 rings (SSSR count). The molecule has 3 heterocycles. The molecule has 10 nitrogen and oxygen atoms in total. The van der Waals surface area contributed by atoms with Crippen LogP contribution >= 0.6 is 0 Å². The summed E-state index contributed by atoms with van der Waals surface area (Å²) in [4.78, 5) is 19.1. The van der Waals surface area contributed by atoms with Crippen LogP contribution in [0.1, 0.15) is 42.0 Å². The van der Waals surface area contributed by atoms with Crippen LogP contribution < -0.4 is 4.72 Å². The molecular formula is C17H24N6O4S. The second kappa shape index (κ2) is 6.66. The number of nitrogens with zero attached hydrogens (tertiary/aromatic N) is 5. The van der Waals surface area contributed by atoms with E-state index in [2.05, 4.69) is 20.0 Å². The molecule has 2 aromatic heterocycles. The SMILES string of the molecule is CCS(=O)(=O)N[C@@H]1CC2CN(C(=O)c3ccn(C)n3)C[C@@]2(c2nc(C)no2)C1. The Balaban J connectivity index is 1.62. The molecule has 0 radical (unpaired) electrons. The maximum Gasteiger partial charge on any atom is 0.274 e. The molecule has 152 valence electrons. The van der Waals surface area contributed by atoms with E-state index < -0.39 is 15.4 Å². The number of likely N-dealkylation sites (tertiary alicyclic amines) is 1. The molecule has 1 saturated carbocycles. The lowest BCUT2D eigenvalue weighted by molar-refractivity contribution is 0.0766. The van der Waals surface area contributed by atoms with Crippen molar-refractivity contribution in [2.24, 2.45) is 13.0 Å². The van der Waals surface area contributed by atoms with Gasteiger partial charge >= 0.3 is 0 Å². The van der Waals surface area contributed by atoms with Crippen LogP contribution in [0.4, 0.5) is 0 Å². The highest BCUT2D eigenvalue weighted by Crippen LogP contribution is 2.50. The predicted octanol–water partition coefficient (Wildman–Crippen LogP) is 0.223. The zero-order valence-electron chi connectivity index (χ0n) is 16.1. The topological polar surface area (TPSA) is 123 Å². The molecule has 1 aliphatic carbocycles. The zero-order valence-corrected chi connectivity index (χ0v) is 16.9. The minimum absolute atomic E-state index is 0.0320. The predicted molar refractivity (Wildman–Crippen MR) is 98.9 cm³/mol. The summed E-state index contributed by atoms with van der Waals surface area (Å²) in [6, 6.07) is 1.48. The number of hydrogen-bond acceptors (Lipinski definition) is 7. The molecule has 1 unspecified atom stereocenters. The highest BCUT2D eigenvalue weighted by molar-refractivity contribution is 7.89. The van der Waals surface area contributed by atoms with Crippen molar-refractivity contribution in [3.05, 3.63) is 29.7 Å². The minimum atomic E-state index is -3.32. The lowest BCUT2D eigenvalue weighted by Crippen LogP contribution is -2.40. The quantitative estimate of drug-likeness (QED) is 0.751. The average molecular weight is 408 g/mol.